The normalized spacial score (nSPS) is 15.6. The number of rotatable bonds is 7. The van der Waals surface area contributed by atoms with Crippen molar-refractivity contribution >= 4 is 17.5 Å². The van der Waals surface area contributed by atoms with Crippen molar-refractivity contribution in [1.29, 1.82) is 0 Å². The fraction of sp³-hybridized carbons (Fsp3) is 0.304. The molecule has 0 aliphatic carbocycles. The van der Waals surface area contributed by atoms with Gasteiger partial charge in [-0.3, -0.25) is 14.7 Å². The number of hydrogen-bond donors (Lipinski definition) is 3. The average molecular weight is 435 g/mol. The number of aromatic nitrogens is 3. The van der Waals surface area contributed by atoms with Crippen LogP contribution in [0.25, 0.3) is 0 Å². The Morgan fingerprint density at radius 3 is 2.84 bits per heavy atom. The molecule has 2 amide bonds. The minimum absolute atomic E-state index is 0.000798. The van der Waals surface area contributed by atoms with Gasteiger partial charge in [0.1, 0.15) is 24.2 Å². The summed E-state index contributed by atoms with van der Waals surface area (Å²) in [6.07, 6.45) is 1.85. The second-order valence-electron chi connectivity index (χ2n) is 7.63. The highest BCUT2D eigenvalue weighted by Gasteiger charge is 2.31. The number of benzene rings is 2. The highest BCUT2D eigenvalue weighted by molar-refractivity contribution is 6.02. The summed E-state index contributed by atoms with van der Waals surface area (Å²) in [4.78, 5) is 31.4. The van der Waals surface area contributed by atoms with Gasteiger partial charge in [-0.1, -0.05) is 36.4 Å². The van der Waals surface area contributed by atoms with Gasteiger partial charge < -0.3 is 20.1 Å². The third kappa shape index (κ3) is 4.78. The molecule has 9 heteroatoms. The van der Waals surface area contributed by atoms with Crippen LogP contribution in [0.1, 0.15) is 34.0 Å². The molecule has 1 aliphatic heterocycles. The highest BCUT2D eigenvalue weighted by Crippen LogP contribution is 2.32. The zero-order chi connectivity index (χ0) is 22.5. The van der Waals surface area contributed by atoms with Gasteiger partial charge >= 0.3 is 0 Å². The van der Waals surface area contributed by atoms with Gasteiger partial charge in [0.05, 0.1) is 5.69 Å². The van der Waals surface area contributed by atoms with Crippen LogP contribution < -0.4 is 15.0 Å². The van der Waals surface area contributed by atoms with Crippen molar-refractivity contribution in [3.63, 3.8) is 0 Å². The number of aryl methyl sites for hydroxylation is 1. The van der Waals surface area contributed by atoms with E-state index in [-0.39, 0.29) is 24.9 Å². The summed E-state index contributed by atoms with van der Waals surface area (Å²) < 4.78 is 5.81. The van der Waals surface area contributed by atoms with Crippen LogP contribution in [-0.4, -0.2) is 58.4 Å². The molecule has 0 bridgehead atoms. The second-order valence-corrected chi connectivity index (χ2v) is 7.63. The number of carbonyl (C=O) groups is 2. The van der Waals surface area contributed by atoms with E-state index in [0.29, 0.717) is 36.5 Å². The van der Waals surface area contributed by atoms with Gasteiger partial charge in [0.2, 0.25) is 5.82 Å². The predicted octanol–water partition coefficient (Wildman–Crippen LogP) is 1.47. The molecule has 2 heterocycles. The molecular weight excluding hydrogens is 410 g/mol. The molecule has 9 nitrogen and oxygen atoms in total. The Kier molecular flexibility index (Phi) is 6.46. The lowest BCUT2D eigenvalue weighted by Crippen LogP contribution is -2.49. The summed E-state index contributed by atoms with van der Waals surface area (Å²) in [5.41, 5.74) is 2.67. The lowest BCUT2D eigenvalue weighted by molar-refractivity contribution is -0.120. The number of aromatic amines is 1. The Morgan fingerprint density at radius 1 is 1.25 bits per heavy atom. The van der Waals surface area contributed by atoms with Crippen molar-refractivity contribution in [3.8, 4) is 5.75 Å². The Bertz CT molecular complexity index is 1100. The third-order valence-corrected chi connectivity index (χ3v) is 5.30. The van der Waals surface area contributed by atoms with Gasteiger partial charge in [-0.15, -0.1) is 5.10 Å². The number of likely N-dealkylation sites (N-methyl/N-ethyl adjacent to an activating group) is 1. The largest absolute Gasteiger partial charge is 0.489 e. The highest BCUT2D eigenvalue weighted by atomic mass is 16.5. The van der Waals surface area contributed by atoms with Gasteiger partial charge in [-0.25, -0.2) is 4.98 Å². The molecular formula is C23H25N5O4. The predicted molar refractivity (Wildman–Crippen MR) is 118 cm³/mol. The van der Waals surface area contributed by atoms with E-state index in [1.54, 1.807) is 13.1 Å². The van der Waals surface area contributed by atoms with Crippen molar-refractivity contribution in [3.05, 3.63) is 71.3 Å². The first-order valence-electron chi connectivity index (χ1n) is 10.5. The van der Waals surface area contributed by atoms with Gasteiger partial charge in [0, 0.05) is 20.1 Å². The average Bonchev–Trinajstić information content (AvgIpc) is 3.24. The second kappa shape index (κ2) is 9.61. The fourth-order valence-electron chi connectivity index (χ4n) is 3.57. The molecule has 2 aromatic carbocycles. The monoisotopic (exact) mass is 435 g/mol. The van der Waals surface area contributed by atoms with Crippen molar-refractivity contribution < 1.29 is 19.4 Å². The van der Waals surface area contributed by atoms with E-state index in [1.165, 1.54) is 4.90 Å². The molecule has 1 aliphatic rings. The van der Waals surface area contributed by atoms with Crippen LogP contribution in [0.5, 0.6) is 5.75 Å². The molecule has 0 radical (unpaired) electrons. The number of fused-ring (bicyclic) bond motifs is 1. The van der Waals surface area contributed by atoms with E-state index in [2.05, 4.69) is 20.5 Å². The molecule has 0 spiro atoms. The van der Waals surface area contributed by atoms with E-state index in [4.69, 9.17) is 9.84 Å². The number of aliphatic hydroxyl groups is 1. The summed E-state index contributed by atoms with van der Waals surface area (Å²) in [6, 6.07) is 14.4. The fourth-order valence-corrected chi connectivity index (χ4v) is 3.57. The molecule has 0 saturated heterocycles. The van der Waals surface area contributed by atoms with Crippen LogP contribution in [0.3, 0.4) is 0 Å². The van der Waals surface area contributed by atoms with E-state index in [9.17, 15) is 9.59 Å². The smallest absolute Gasteiger partial charge is 0.291 e. The summed E-state index contributed by atoms with van der Waals surface area (Å²) in [6.45, 7) is 0.101. The number of nitrogens with zero attached hydrogens (tertiary/aromatic N) is 3. The number of carbonyl (C=O) groups excluding carboxylic acids is 2. The summed E-state index contributed by atoms with van der Waals surface area (Å²) in [7, 11) is 1.65. The molecule has 32 heavy (non-hydrogen) atoms. The van der Waals surface area contributed by atoms with Crippen molar-refractivity contribution in [1.82, 2.24) is 20.5 Å². The Balaban J connectivity index is 1.43. The van der Waals surface area contributed by atoms with E-state index in [0.717, 1.165) is 11.1 Å². The van der Waals surface area contributed by atoms with Crippen LogP contribution in [-0.2, 0) is 17.6 Å². The van der Waals surface area contributed by atoms with Gasteiger partial charge in [-0.2, -0.15) is 0 Å². The molecule has 4 rings (SSSR count). The maximum absolute atomic E-state index is 13.0. The van der Waals surface area contributed by atoms with Crippen molar-refractivity contribution in [2.24, 2.45) is 0 Å². The number of anilines is 1. The van der Waals surface area contributed by atoms with Crippen LogP contribution in [0.15, 0.2) is 48.5 Å². The van der Waals surface area contributed by atoms with Gasteiger partial charge in [0.25, 0.3) is 11.8 Å². The lowest BCUT2D eigenvalue weighted by Gasteiger charge is -2.20. The summed E-state index contributed by atoms with van der Waals surface area (Å²) in [5.74, 6) is 0.250. The van der Waals surface area contributed by atoms with Crippen LogP contribution in [0.4, 0.5) is 5.69 Å². The minimum Gasteiger partial charge on any atom is -0.489 e. The first-order valence-corrected chi connectivity index (χ1v) is 10.5. The maximum Gasteiger partial charge on any atom is 0.291 e. The van der Waals surface area contributed by atoms with Crippen LogP contribution in [0, 0.1) is 0 Å². The SMILES string of the molecule is CN1C(=O)[C@@H](NC(=O)c2n[nH]c(Cc3ccccc3)n2)COc2ccc(CCCO)cc21. The zero-order valence-electron chi connectivity index (χ0n) is 17.7. The van der Waals surface area contributed by atoms with Gasteiger partial charge in [-0.05, 0) is 36.1 Å². The quantitative estimate of drug-likeness (QED) is 0.517. The van der Waals surface area contributed by atoms with Crippen molar-refractivity contribution in [2.45, 2.75) is 25.3 Å². The number of amides is 2. The first kappa shape index (κ1) is 21.5. The number of nitrogens with one attached hydrogen (secondary N) is 2. The number of hydrogen-bond acceptors (Lipinski definition) is 6. The Morgan fingerprint density at radius 2 is 2.06 bits per heavy atom. The van der Waals surface area contributed by atoms with Crippen LogP contribution >= 0.6 is 0 Å². The van der Waals surface area contributed by atoms with E-state index >= 15 is 0 Å². The van der Waals surface area contributed by atoms with Crippen LogP contribution in [0.2, 0.25) is 0 Å². The molecule has 0 unspecified atom stereocenters. The maximum atomic E-state index is 13.0. The Labute approximate surface area is 185 Å². The third-order valence-electron chi connectivity index (χ3n) is 5.30. The number of ether oxygens (including phenoxy) is 1. The molecule has 1 aromatic heterocycles. The van der Waals surface area contributed by atoms with E-state index < -0.39 is 11.9 Å². The van der Waals surface area contributed by atoms with E-state index in [1.807, 2.05) is 42.5 Å². The molecule has 3 N–H and O–H groups in total. The lowest BCUT2D eigenvalue weighted by atomic mass is 10.1. The number of H-pyrrole nitrogens is 1. The first-order chi connectivity index (χ1) is 15.5. The molecule has 1 atom stereocenters. The molecule has 166 valence electrons. The Hall–Kier alpha value is -3.72. The molecule has 0 fully saturated rings. The number of aliphatic hydroxyl groups excluding tert-OH is 1. The molecule has 3 aromatic rings. The zero-order valence-corrected chi connectivity index (χ0v) is 17.7. The standard InChI is InChI=1S/C23H25N5O4/c1-28-18-12-16(8-5-11-29)9-10-19(18)32-14-17(23(28)31)24-22(30)21-25-20(26-27-21)13-15-6-3-2-4-7-15/h2-4,6-7,9-10,12,17,29H,5,8,11,13-14H2,1H3,(H,24,30)(H,25,26,27)/t17-/m0/s1. The van der Waals surface area contributed by atoms with Gasteiger partial charge in [0.15, 0.2) is 0 Å². The summed E-state index contributed by atoms with van der Waals surface area (Å²) in [5, 5.41) is 18.5. The minimum atomic E-state index is -0.878. The molecule has 0 saturated carbocycles. The topological polar surface area (TPSA) is 120 Å². The van der Waals surface area contributed by atoms with Crippen molar-refractivity contribution in [2.75, 3.05) is 25.2 Å². The summed E-state index contributed by atoms with van der Waals surface area (Å²) >= 11 is 0.